The Hall–Kier alpha value is -3.34. The Labute approximate surface area is 174 Å². The number of esters is 1. The Morgan fingerprint density at radius 1 is 1.23 bits per heavy atom. The second-order valence-corrected chi connectivity index (χ2v) is 8.08. The van der Waals surface area contributed by atoms with Crippen molar-refractivity contribution in [3.63, 3.8) is 0 Å². The third-order valence-corrected chi connectivity index (χ3v) is 6.30. The molecule has 11 heteroatoms. The third-order valence-electron chi connectivity index (χ3n) is 5.40. The van der Waals surface area contributed by atoms with Crippen molar-refractivity contribution in [3.05, 3.63) is 46.1 Å². The van der Waals surface area contributed by atoms with Gasteiger partial charge in [-0.05, 0) is 30.4 Å². The van der Waals surface area contributed by atoms with Crippen LogP contribution in [0.25, 0.3) is 16.0 Å². The normalized spacial score (nSPS) is 15.2. The lowest BCUT2D eigenvalue weighted by molar-refractivity contribution is -0.150. The van der Waals surface area contributed by atoms with Gasteiger partial charge in [-0.3, -0.25) is 18.6 Å². The Kier molecular flexibility index (Phi) is 4.66. The van der Waals surface area contributed by atoms with Crippen LogP contribution in [0.15, 0.2) is 34.7 Å². The molecule has 0 atom stereocenters. The Balaban J connectivity index is 1.28. The summed E-state index contributed by atoms with van der Waals surface area (Å²) in [6, 6.07) is 3.63. The number of fused-ring (bicyclic) bond motifs is 3. The number of piperidine rings is 1. The molecule has 1 fully saturated rings. The summed E-state index contributed by atoms with van der Waals surface area (Å²) in [4.78, 5) is 35.6. The average molecular weight is 425 g/mol. The number of hydrogen-bond donors (Lipinski definition) is 0. The van der Waals surface area contributed by atoms with Gasteiger partial charge >= 0.3 is 5.97 Å². The van der Waals surface area contributed by atoms with Gasteiger partial charge in [-0.25, -0.2) is 9.97 Å². The smallest absolute Gasteiger partial charge is 0.309 e. The van der Waals surface area contributed by atoms with E-state index in [1.165, 1.54) is 15.9 Å². The fourth-order valence-corrected chi connectivity index (χ4v) is 4.62. The maximum absolute atomic E-state index is 12.6. The number of thiophene rings is 1. The fraction of sp³-hybridized carbons (Fsp3) is 0.368. The van der Waals surface area contributed by atoms with E-state index in [2.05, 4.69) is 25.1 Å². The second kappa shape index (κ2) is 7.48. The first kappa shape index (κ1) is 18.7. The zero-order valence-electron chi connectivity index (χ0n) is 16.3. The number of hydrogen-bond acceptors (Lipinski definition) is 9. The van der Waals surface area contributed by atoms with Gasteiger partial charge in [0.1, 0.15) is 4.70 Å². The monoisotopic (exact) mass is 425 g/mol. The number of nitrogens with zero attached hydrogens (tertiary/aromatic N) is 7. The predicted molar refractivity (Wildman–Crippen MR) is 110 cm³/mol. The summed E-state index contributed by atoms with van der Waals surface area (Å²) in [5, 5.41) is 10.1. The highest BCUT2D eigenvalue weighted by molar-refractivity contribution is 7.17. The molecule has 0 aromatic carbocycles. The molecule has 0 saturated carbocycles. The number of anilines is 1. The van der Waals surface area contributed by atoms with Gasteiger partial charge in [0.05, 0.1) is 11.4 Å². The number of carbonyl (C=O) groups is 1. The number of carbonyl (C=O) groups excluding carboxylic acids is 1. The molecular formula is C19H19N7O3S. The minimum Gasteiger partial charge on any atom is -0.457 e. The van der Waals surface area contributed by atoms with Crippen LogP contribution in [0, 0.1) is 5.92 Å². The molecule has 154 valence electrons. The van der Waals surface area contributed by atoms with E-state index < -0.39 is 0 Å². The van der Waals surface area contributed by atoms with E-state index in [4.69, 9.17) is 4.74 Å². The van der Waals surface area contributed by atoms with Gasteiger partial charge in [-0.2, -0.15) is 0 Å². The number of rotatable bonds is 4. The molecule has 1 saturated heterocycles. The molecular weight excluding hydrogens is 406 g/mol. The van der Waals surface area contributed by atoms with Crippen molar-refractivity contribution in [1.29, 1.82) is 0 Å². The van der Waals surface area contributed by atoms with Crippen molar-refractivity contribution in [3.8, 4) is 0 Å². The van der Waals surface area contributed by atoms with Crippen LogP contribution >= 0.6 is 11.3 Å². The van der Waals surface area contributed by atoms with Gasteiger partial charge in [0, 0.05) is 32.5 Å². The van der Waals surface area contributed by atoms with Crippen LogP contribution in [-0.2, 0) is 23.2 Å². The van der Waals surface area contributed by atoms with Crippen LogP contribution in [-0.4, -0.2) is 48.2 Å². The highest BCUT2D eigenvalue weighted by Gasteiger charge is 2.28. The highest BCUT2D eigenvalue weighted by Crippen LogP contribution is 2.23. The zero-order valence-corrected chi connectivity index (χ0v) is 17.1. The van der Waals surface area contributed by atoms with Gasteiger partial charge < -0.3 is 9.64 Å². The first-order valence-corrected chi connectivity index (χ1v) is 10.5. The van der Waals surface area contributed by atoms with E-state index in [1.807, 2.05) is 11.4 Å². The quantitative estimate of drug-likeness (QED) is 0.452. The summed E-state index contributed by atoms with van der Waals surface area (Å²) in [6.07, 6.45) is 4.79. The zero-order chi connectivity index (χ0) is 20.7. The molecule has 0 N–H and O–H groups in total. The molecule has 0 amide bonds. The molecule has 0 aliphatic carbocycles. The standard InChI is InChI=1S/C19H19N7O3S/c1-24-16(27)15-13(5-10-30-15)26-14(22-23-19(24)26)11-29-17(28)12-3-8-25(9-4-12)18-20-6-2-7-21-18/h2,5-7,10,12H,3-4,8-9,11H2,1H3. The molecule has 4 aromatic heterocycles. The molecule has 4 aromatic rings. The minimum atomic E-state index is -0.244. The lowest BCUT2D eigenvalue weighted by Crippen LogP contribution is -2.37. The summed E-state index contributed by atoms with van der Waals surface area (Å²) in [7, 11) is 1.66. The number of aryl methyl sites for hydroxylation is 1. The maximum atomic E-state index is 12.6. The second-order valence-electron chi connectivity index (χ2n) is 7.17. The molecule has 0 radical (unpaired) electrons. The van der Waals surface area contributed by atoms with Gasteiger partial charge in [0.2, 0.25) is 11.7 Å². The first-order chi connectivity index (χ1) is 14.6. The van der Waals surface area contributed by atoms with Gasteiger partial charge in [-0.15, -0.1) is 21.5 Å². The summed E-state index contributed by atoms with van der Waals surface area (Å²) in [5.74, 6) is 1.19. The lowest BCUT2D eigenvalue weighted by Gasteiger charge is -2.30. The molecule has 0 bridgehead atoms. The maximum Gasteiger partial charge on any atom is 0.309 e. The molecule has 30 heavy (non-hydrogen) atoms. The Bertz CT molecular complexity index is 1270. The van der Waals surface area contributed by atoms with E-state index in [-0.39, 0.29) is 24.1 Å². The average Bonchev–Trinajstić information content (AvgIpc) is 3.44. The molecule has 5 heterocycles. The van der Waals surface area contributed by atoms with Crippen LogP contribution in [0.1, 0.15) is 18.7 Å². The Morgan fingerprint density at radius 2 is 2.00 bits per heavy atom. The molecule has 0 spiro atoms. The molecule has 1 aliphatic heterocycles. The van der Waals surface area contributed by atoms with E-state index in [0.717, 1.165) is 5.52 Å². The summed E-state index contributed by atoms with van der Waals surface area (Å²) >= 11 is 1.37. The van der Waals surface area contributed by atoms with Crippen LogP contribution in [0.2, 0.25) is 0 Å². The van der Waals surface area contributed by atoms with E-state index >= 15 is 0 Å². The topological polar surface area (TPSA) is 108 Å². The van der Waals surface area contributed by atoms with Crippen molar-refractivity contribution in [2.24, 2.45) is 13.0 Å². The van der Waals surface area contributed by atoms with Gasteiger partial charge in [0.25, 0.3) is 5.56 Å². The van der Waals surface area contributed by atoms with E-state index in [9.17, 15) is 9.59 Å². The van der Waals surface area contributed by atoms with Crippen LogP contribution in [0.4, 0.5) is 5.95 Å². The van der Waals surface area contributed by atoms with Crippen molar-refractivity contribution < 1.29 is 9.53 Å². The van der Waals surface area contributed by atoms with Crippen LogP contribution < -0.4 is 10.5 Å². The Morgan fingerprint density at radius 3 is 2.77 bits per heavy atom. The fourth-order valence-electron chi connectivity index (χ4n) is 3.77. The molecule has 5 rings (SSSR count). The lowest BCUT2D eigenvalue weighted by atomic mass is 9.97. The summed E-state index contributed by atoms with van der Waals surface area (Å²) < 4.78 is 9.42. The van der Waals surface area contributed by atoms with E-state index in [1.54, 1.807) is 29.9 Å². The molecule has 0 unspecified atom stereocenters. The van der Waals surface area contributed by atoms with Crippen LogP contribution in [0.5, 0.6) is 0 Å². The van der Waals surface area contributed by atoms with Crippen molar-refractivity contribution in [2.45, 2.75) is 19.4 Å². The number of ether oxygens (including phenoxy) is 1. The van der Waals surface area contributed by atoms with Gasteiger partial charge in [-0.1, -0.05) is 0 Å². The first-order valence-electron chi connectivity index (χ1n) is 9.62. The number of aromatic nitrogens is 6. The van der Waals surface area contributed by atoms with Crippen LogP contribution in [0.3, 0.4) is 0 Å². The van der Waals surface area contributed by atoms with E-state index in [0.29, 0.717) is 48.2 Å². The predicted octanol–water partition coefficient (Wildman–Crippen LogP) is 1.39. The van der Waals surface area contributed by atoms with Crippen molar-refractivity contribution in [1.82, 2.24) is 29.1 Å². The summed E-state index contributed by atoms with van der Waals surface area (Å²) in [5.41, 5.74) is 0.614. The minimum absolute atomic E-state index is 0.00512. The van der Waals surface area contributed by atoms with Crippen molar-refractivity contribution in [2.75, 3.05) is 18.0 Å². The van der Waals surface area contributed by atoms with Gasteiger partial charge in [0.15, 0.2) is 12.4 Å². The molecule has 10 nitrogen and oxygen atoms in total. The molecule has 1 aliphatic rings. The highest BCUT2D eigenvalue weighted by atomic mass is 32.1. The SMILES string of the molecule is Cn1c(=O)c2sccc2n2c(COC(=O)C3CCN(c4ncccn4)CC3)nnc12. The largest absolute Gasteiger partial charge is 0.457 e. The van der Waals surface area contributed by atoms with Crippen molar-refractivity contribution >= 4 is 39.2 Å². The third kappa shape index (κ3) is 3.11. The summed E-state index contributed by atoms with van der Waals surface area (Å²) in [6.45, 7) is 1.41.